The van der Waals surface area contributed by atoms with Crippen LogP contribution in [0.1, 0.15) is 57.4 Å². The third-order valence-corrected chi connectivity index (χ3v) is 4.19. The van der Waals surface area contributed by atoms with Crippen molar-refractivity contribution >= 4 is 15.9 Å². The largest absolute Gasteiger partial charge is 0.396 e. The second-order valence-electron chi connectivity index (χ2n) is 5.09. The van der Waals surface area contributed by atoms with E-state index in [0.29, 0.717) is 0 Å². The summed E-state index contributed by atoms with van der Waals surface area (Å²) in [6.45, 7) is 4.75. The van der Waals surface area contributed by atoms with Gasteiger partial charge in [0.05, 0.1) is 0 Å². The van der Waals surface area contributed by atoms with E-state index in [4.69, 9.17) is 0 Å². The van der Waals surface area contributed by atoms with Crippen LogP contribution < -0.4 is 0 Å². The van der Waals surface area contributed by atoms with Crippen LogP contribution in [0.15, 0.2) is 28.7 Å². The number of halogens is 1. The van der Waals surface area contributed by atoms with E-state index in [1.165, 1.54) is 31.2 Å². The number of hydrogen-bond acceptors (Lipinski definition) is 1. The Kier molecular flexibility index (Phi) is 7.60. The average molecular weight is 313 g/mol. The Labute approximate surface area is 120 Å². The van der Waals surface area contributed by atoms with E-state index in [2.05, 4.69) is 48.0 Å². The molecule has 0 radical (unpaired) electrons. The van der Waals surface area contributed by atoms with E-state index >= 15 is 0 Å². The first-order valence-electron chi connectivity index (χ1n) is 7.07. The molecule has 2 unspecified atom stereocenters. The van der Waals surface area contributed by atoms with E-state index in [0.717, 1.165) is 16.8 Å². The monoisotopic (exact) mass is 312 g/mol. The molecule has 2 heteroatoms. The van der Waals surface area contributed by atoms with Crippen LogP contribution in [0, 0.1) is 5.92 Å². The lowest BCUT2D eigenvalue weighted by Crippen LogP contribution is -2.11. The first-order chi connectivity index (χ1) is 8.71. The standard InChI is InChI=1S/C16H25BrO/c1-3-5-7-13(4-2)10-15(12-18)14-8-6-9-16(17)11-14/h6,8-9,11,13,15,18H,3-5,7,10,12H2,1-2H3. The van der Waals surface area contributed by atoms with E-state index < -0.39 is 0 Å². The van der Waals surface area contributed by atoms with Gasteiger partial charge in [-0.05, 0) is 30.0 Å². The number of aliphatic hydroxyl groups is 1. The predicted molar refractivity (Wildman–Crippen MR) is 81.9 cm³/mol. The molecular formula is C16H25BrO. The Balaban J connectivity index is 2.65. The highest BCUT2D eigenvalue weighted by atomic mass is 79.9. The van der Waals surface area contributed by atoms with Gasteiger partial charge in [0.25, 0.3) is 0 Å². The molecular weight excluding hydrogens is 288 g/mol. The van der Waals surface area contributed by atoms with Crippen LogP contribution in [-0.2, 0) is 0 Å². The fourth-order valence-electron chi connectivity index (χ4n) is 2.46. The minimum atomic E-state index is 0.249. The maximum absolute atomic E-state index is 9.62. The van der Waals surface area contributed by atoms with Gasteiger partial charge < -0.3 is 5.11 Å². The van der Waals surface area contributed by atoms with Crippen LogP contribution in [0.2, 0.25) is 0 Å². The molecule has 0 aliphatic rings. The van der Waals surface area contributed by atoms with Crippen molar-refractivity contribution in [3.63, 3.8) is 0 Å². The van der Waals surface area contributed by atoms with Gasteiger partial charge >= 0.3 is 0 Å². The highest BCUT2D eigenvalue weighted by Gasteiger charge is 2.16. The zero-order valence-electron chi connectivity index (χ0n) is 11.5. The van der Waals surface area contributed by atoms with Crippen LogP contribution in [-0.4, -0.2) is 11.7 Å². The molecule has 0 heterocycles. The van der Waals surface area contributed by atoms with Crippen LogP contribution in [0.3, 0.4) is 0 Å². The van der Waals surface area contributed by atoms with Gasteiger partial charge in [0, 0.05) is 17.0 Å². The zero-order valence-corrected chi connectivity index (χ0v) is 13.1. The molecule has 0 saturated carbocycles. The minimum Gasteiger partial charge on any atom is -0.396 e. The third kappa shape index (κ3) is 5.11. The Hall–Kier alpha value is -0.340. The Morgan fingerprint density at radius 2 is 2.06 bits per heavy atom. The highest BCUT2D eigenvalue weighted by molar-refractivity contribution is 9.10. The van der Waals surface area contributed by atoms with Crippen LogP contribution in [0.5, 0.6) is 0 Å². The van der Waals surface area contributed by atoms with Gasteiger partial charge in [-0.15, -0.1) is 0 Å². The first kappa shape index (κ1) is 15.7. The van der Waals surface area contributed by atoms with Crippen LogP contribution in [0.4, 0.5) is 0 Å². The van der Waals surface area contributed by atoms with E-state index in [-0.39, 0.29) is 12.5 Å². The van der Waals surface area contributed by atoms with Gasteiger partial charge in [-0.25, -0.2) is 0 Å². The van der Waals surface area contributed by atoms with Crippen LogP contribution in [0.25, 0.3) is 0 Å². The van der Waals surface area contributed by atoms with E-state index in [1.54, 1.807) is 0 Å². The lowest BCUT2D eigenvalue weighted by atomic mass is 9.85. The molecule has 102 valence electrons. The Bertz CT molecular complexity index is 338. The Morgan fingerprint density at radius 3 is 2.61 bits per heavy atom. The summed E-state index contributed by atoms with van der Waals surface area (Å²) in [5.41, 5.74) is 1.25. The molecule has 0 amide bonds. The molecule has 0 spiro atoms. The fraction of sp³-hybridized carbons (Fsp3) is 0.625. The van der Waals surface area contributed by atoms with Crippen molar-refractivity contribution < 1.29 is 5.11 Å². The second-order valence-corrected chi connectivity index (χ2v) is 6.00. The van der Waals surface area contributed by atoms with Gasteiger partial charge in [-0.2, -0.15) is 0 Å². The molecule has 0 bridgehead atoms. The molecule has 1 aromatic rings. The molecule has 2 atom stereocenters. The maximum atomic E-state index is 9.62. The van der Waals surface area contributed by atoms with Crippen molar-refractivity contribution in [1.29, 1.82) is 0 Å². The molecule has 18 heavy (non-hydrogen) atoms. The summed E-state index contributed by atoms with van der Waals surface area (Å²) < 4.78 is 1.10. The van der Waals surface area contributed by atoms with Gasteiger partial charge in [0.1, 0.15) is 0 Å². The molecule has 1 rings (SSSR count). The molecule has 0 aliphatic carbocycles. The van der Waals surface area contributed by atoms with Gasteiger partial charge in [0.2, 0.25) is 0 Å². The van der Waals surface area contributed by atoms with Crippen molar-refractivity contribution in [1.82, 2.24) is 0 Å². The van der Waals surface area contributed by atoms with Crippen molar-refractivity contribution in [3.8, 4) is 0 Å². The van der Waals surface area contributed by atoms with Crippen molar-refractivity contribution in [2.45, 2.75) is 51.9 Å². The smallest absolute Gasteiger partial charge is 0.0499 e. The van der Waals surface area contributed by atoms with E-state index in [1.807, 2.05) is 6.07 Å². The maximum Gasteiger partial charge on any atom is 0.0499 e. The molecule has 0 fully saturated rings. The van der Waals surface area contributed by atoms with E-state index in [9.17, 15) is 5.11 Å². The first-order valence-corrected chi connectivity index (χ1v) is 7.86. The van der Waals surface area contributed by atoms with Gasteiger partial charge in [-0.1, -0.05) is 67.6 Å². The van der Waals surface area contributed by atoms with Gasteiger partial charge in [0.15, 0.2) is 0 Å². The molecule has 1 aromatic carbocycles. The minimum absolute atomic E-state index is 0.249. The quantitative estimate of drug-likeness (QED) is 0.705. The number of hydrogen-bond donors (Lipinski definition) is 1. The Morgan fingerprint density at radius 1 is 1.28 bits per heavy atom. The summed E-state index contributed by atoms with van der Waals surface area (Å²) in [6, 6.07) is 8.34. The molecule has 0 aromatic heterocycles. The zero-order chi connectivity index (χ0) is 13.4. The number of benzene rings is 1. The summed E-state index contributed by atoms with van der Waals surface area (Å²) in [6.07, 6.45) is 6.16. The normalized spacial score (nSPS) is 14.4. The number of aliphatic hydroxyl groups excluding tert-OH is 1. The summed E-state index contributed by atoms with van der Waals surface area (Å²) in [5, 5.41) is 9.62. The summed E-state index contributed by atoms with van der Waals surface area (Å²) in [5.74, 6) is 1.02. The molecule has 0 aliphatic heterocycles. The summed E-state index contributed by atoms with van der Waals surface area (Å²) in [7, 11) is 0. The average Bonchev–Trinajstić information content (AvgIpc) is 2.39. The van der Waals surface area contributed by atoms with Crippen molar-refractivity contribution in [2.24, 2.45) is 5.92 Å². The summed E-state index contributed by atoms with van der Waals surface area (Å²) in [4.78, 5) is 0. The lowest BCUT2D eigenvalue weighted by Gasteiger charge is -2.21. The SMILES string of the molecule is CCCCC(CC)CC(CO)c1cccc(Br)c1. The number of rotatable bonds is 8. The second kappa shape index (κ2) is 8.71. The van der Waals surface area contributed by atoms with Crippen molar-refractivity contribution in [3.05, 3.63) is 34.3 Å². The lowest BCUT2D eigenvalue weighted by molar-refractivity contribution is 0.237. The molecule has 0 saturated heterocycles. The van der Waals surface area contributed by atoms with Crippen molar-refractivity contribution in [2.75, 3.05) is 6.61 Å². The van der Waals surface area contributed by atoms with Gasteiger partial charge in [-0.3, -0.25) is 0 Å². The summed E-state index contributed by atoms with van der Waals surface area (Å²) >= 11 is 3.50. The fourth-order valence-corrected chi connectivity index (χ4v) is 2.88. The topological polar surface area (TPSA) is 20.2 Å². The number of unbranched alkanes of at least 4 members (excludes halogenated alkanes) is 1. The van der Waals surface area contributed by atoms with Crippen LogP contribution >= 0.6 is 15.9 Å². The highest BCUT2D eigenvalue weighted by Crippen LogP contribution is 2.29. The third-order valence-electron chi connectivity index (χ3n) is 3.70. The molecule has 1 nitrogen and oxygen atoms in total. The molecule has 1 N–H and O–H groups in total. The predicted octanol–water partition coefficient (Wildman–Crippen LogP) is 5.13.